The quantitative estimate of drug-likeness (QED) is 0.861. The Morgan fingerprint density at radius 2 is 1.83 bits per heavy atom. The van der Waals surface area contributed by atoms with Crippen LogP contribution in [-0.2, 0) is 0 Å². The van der Waals surface area contributed by atoms with Gasteiger partial charge >= 0.3 is 0 Å². The number of halogens is 3. The molecule has 0 aromatic heterocycles. The average molecular weight is 287 g/mol. The van der Waals surface area contributed by atoms with E-state index in [1.54, 1.807) is 0 Å². The molecule has 1 aromatic carbocycles. The molecule has 1 N–H and O–H groups in total. The van der Waals surface area contributed by atoms with Gasteiger partial charge in [0.1, 0.15) is 5.82 Å². The molecule has 18 heavy (non-hydrogen) atoms. The van der Waals surface area contributed by atoms with Gasteiger partial charge in [-0.05, 0) is 25.0 Å². The van der Waals surface area contributed by atoms with E-state index in [-0.39, 0.29) is 22.0 Å². The van der Waals surface area contributed by atoms with Crippen LogP contribution in [0.15, 0.2) is 12.1 Å². The lowest BCUT2D eigenvalue weighted by Crippen LogP contribution is -2.31. The summed E-state index contributed by atoms with van der Waals surface area (Å²) in [7, 11) is 0. The van der Waals surface area contributed by atoms with E-state index in [0.717, 1.165) is 25.7 Å². The van der Waals surface area contributed by atoms with E-state index in [1.165, 1.54) is 12.1 Å². The van der Waals surface area contributed by atoms with Crippen molar-refractivity contribution in [1.29, 1.82) is 5.26 Å². The summed E-state index contributed by atoms with van der Waals surface area (Å²) in [6, 6.07) is 4.78. The molecule has 2 rings (SSSR count). The smallest absolute Gasteiger partial charge is 0.126 e. The Labute approximate surface area is 116 Å². The van der Waals surface area contributed by atoms with E-state index >= 15 is 0 Å². The number of nitrogens with zero attached hydrogens (tertiary/aromatic N) is 1. The summed E-state index contributed by atoms with van der Waals surface area (Å²) in [6.07, 6.45) is 3.93. The van der Waals surface area contributed by atoms with Crippen LogP contribution in [0, 0.1) is 23.1 Å². The monoisotopic (exact) mass is 286 g/mol. The predicted molar refractivity (Wildman–Crippen MR) is 71.4 cm³/mol. The fourth-order valence-corrected chi connectivity index (χ4v) is 2.89. The first kappa shape index (κ1) is 13.5. The maximum absolute atomic E-state index is 13.1. The Kier molecular flexibility index (Phi) is 4.31. The number of anilines is 1. The second-order valence-electron chi connectivity index (χ2n) is 4.52. The average Bonchev–Trinajstić information content (AvgIpc) is 2.34. The van der Waals surface area contributed by atoms with Gasteiger partial charge in [-0.3, -0.25) is 0 Å². The van der Waals surface area contributed by atoms with Crippen LogP contribution in [0.5, 0.6) is 0 Å². The molecule has 0 radical (unpaired) electrons. The summed E-state index contributed by atoms with van der Waals surface area (Å²) >= 11 is 12.0. The number of hydrogen-bond acceptors (Lipinski definition) is 2. The van der Waals surface area contributed by atoms with Crippen LogP contribution < -0.4 is 5.32 Å². The highest BCUT2D eigenvalue weighted by molar-refractivity contribution is 6.39. The van der Waals surface area contributed by atoms with Gasteiger partial charge in [-0.25, -0.2) is 4.39 Å². The van der Waals surface area contributed by atoms with Crippen LogP contribution in [0.3, 0.4) is 0 Å². The molecule has 1 aromatic rings. The van der Waals surface area contributed by atoms with Crippen molar-refractivity contribution in [3.8, 4) is 6.07 Å². The third kappa shape index (κ3) is 2.88. The lowest BCUT2D eigenvalue weighted by Gasteiger charge is -2.29. The van der Waals surface area contributed by atoms with Crippen molar-refractivity contribution in [2.45, 2.75) is 31.7 Å². The van der Waals surface area contributed by atoms with Gasteiger partial charge in [0.15, 0.2) is 0 Å². The SMILES string of the molecule is N#CC1CCCCC1Nc1c(Cl)cc(F)cc1Cl. The van der Waals surface area contributed by atoms with E-state index < -0.39 is 5.82 Å². The van der Waals surface area contributed by atoms with Crippen molar-refractivity contribution in [2.24, 2.45) is 5.92 Å². The van der Waals surface area contributed by atoms with Gasteiger partial charge in [0.05, 0.1) is 27.7 Å². The van der Waals surface area contributed by atoms with Gasteiger partial charge < -0.3 is 5.32 Å². The zero-order chi connectivity index (χ0) is 13.1. The van der Waals surface area contributed by atoms with Crippen molar-refractivity contribution in [3.05, 3.63) is 28.0 Å². The molecule has 5 heteroatoms. The Morgan fingerprint density at radius 3 is 2.44 bits per heavy atom. The molecule has 0 amide bonds. The van der Waals surface area contributed by atoms with Crippen LogP contribution in [-0.4, -0.2) is 6.04 Å². The number of nitriles is 1. The molecule has 1 aliphatic rings. The minimum atomic E-state index is -0.462. The molecule has 2 atom stereocenters. The van der Waals surface area contributed by atoms with Gasteiger partial charge in [0.25, 0.3) is 0 Å². The summed E-state index contributed by atoms with van der Waals surface area (Å²) < 4.78 is 13.1. The molecule has 1 saturated carbocycles. The Balaban J connectivity index is 2.21. The molecular weight excluding hydrogens is 274 g/mol. The Morgan fingerprint density at radius 1 is 1.22 bits per heavy atom. The highest BCUT2D eigenvalue weighted by Gasteiger charge is 2.26. The second-order valence-corrected chi connectivity index (χ2v) is 5.33. The number of benzene rings is 1. The van der Waals surface area contributed by atoms with Gasteiger partial charge in [-0.1, -0.05) is 36.0 Å². The largest absolute Gasteiger partial charge is 0.379 e. The van der Waals surface area contributed by atoms with Gasteiger partial charge in [-0.15, -0.1) is 0 Å². The highest BCUT2D eigenvalue weighted by atomic mass is 35.5. The summed E-state index contributed by atoms with van der Waals surface area (Å²) in [5.74, 6) is -0.507. The van der Waals surface area contributed by atoms with E-state index in [9.17, 15) is 4.39 Å². The highest BCUT2D eigenvalue weighted by Crippen LogP contribution is 2.35. The zero-order valence-electron chi connectivity index (χ0n) is 9.72. The van der Waals surface area contributed by atoms with Crippen LogP contribution in [0.4, 0.5) is 10.1 Å². The number of hydrogen-bond donors (Lipinski definition) is 1. The first-order valence-electron chi connectivity index (χ1n) is 5.92. The van der Waals surface area contributed by atoms with E-state index in [0.29, 0.717) is 5.69 Å². The van der Waals surface area contributed by atoms with Crippen LogP contribution in [0.1, 0.15) is 25.7 Å². The molecule has 2 unspecified atom stereocenters. The maximum Gasteiger partial charge on any atom is 0.126 e. The predicted octanol–water partition coefficient (Wildman–Crippen LogP) is 4.63. The first-order chi connectivity index (χ1) is 8.61. The van der Waals surface area contributed by atoms with Gasteiger partial charge in [-0.2, -0.15) is 5.26 Å². The first-order valence-corrected chi connectivity index (χ1v) is 6.68. The molecule has 0 saturated heterocycles. The minimum Gasteiger partial charge on any atom is -0.379 e. The van der Waals surface area contributed by atoms with Crippen molar-refractivity contribution < 1.29 is 4.39 Å². The van der Waals surface area contributed by atoms with Crippen LogP contribution in [0.2, 0.25) is 10.0 Å². The summed E-state index contributed by atoms with van der Waals surface area (Å²) in [6.45, 7) is 0. The van der Waals surface area contributed by atoms with E-state index in [2.05, 4.69) is 11.4 Å². The number of rotatable bonds is 2. The molecule has 0 spiro atoms. The van der Waals surface area contributed by atoms with Crippen molar-refractivity contribution in [3.63, 3.8) is 0 Å². The molecule has 0 bridgehead atoms. The fraction of sp³-hybridized carbons (Fsp3) is 0.462. The molecular formula is C13H13Cl2FN2. The standard InChI is InChI=1S/C13H13Cl2FN2/c14-10-5-9(16)6-11(15)13(10)18-12-4-2-1-3-8(12)7-17/h5-6,8,12,18H,1-4H2. The Bertz CT molecular complexity index is 461. The third-order valence-electron chi connectivity index (χ3n) is 3.27. The molecule has 0 heterocycles. The molecule has 2 nitrogen and oxygen atoms in total. The normalized spacial score (nSPS) is 23.4. The summed E-state index contributed by atoms with van der Waals surface area (Å²) in [5.41, 5.74) is 0.520. The maximum atomic E-state index is 13.1. The lowest BCUT2D eigenvalue weighted by atomic mass is 9.85. The molecule has 0 aliphatic heterocycles. The Hall–Kier alpha value is -0.980. The van der Waals surface area contributed by atoms with Crippen molar-refractivity contribution in [1.82, 2.24) is 0 Å². The minimum absolute atomic E-state index is 0.0317. The molecule has 1 aliphatic carbocycles. The van der Waals surface area contributed by atoms with Crippen molar-refractivity contribution >= 4 is 28.9 Å². The van der Waals surface area contributed by atoms with Crippen molar-refractivity contribution in [2.75, 3.05) is 5.32 Å². The summed E-state index contributed by atoms with van der Waals surface area (Å²) in [4.78, 5) is 0. The fourth-order valence-electron chi connectivity index (χ4n) is 2.32. The van der Waals surface area contributed by atoms with Gasteiger partial charge in [0, 0.05) is 6.04 Å². The van der Waals surface area contributed by atoms with Crippen LogP contribution in [0.25, 0.3) is 0 Å². The van der Waals surface area contributed by atoms with E-state index in [4.69, 9.17) is 28.5 Å². The van der Waals surface area contributed by atoms with E-state index in [1.807, 2.05) is 0 Å². The second kappa shape index (κ2) is 5.77. The zero-order valence-corrected chi connectivity index (χ0v) is 11.2. The third-order valence-corrected chi connectivity index (χ3v) is 3.86. The lowest BCUT2D eigenvalue weighted by molar-refractivity contribution is 0.389. The molecule has 1 fully saturated rings. The summed E-state index contributed by atoms with van der Waals surface area (Å²) in [5, 5.41) is 12.8. The van der Waals surface area contributed by atoms with Gasteiger partial charge in [0.2, 0.25) is 0 Å². The topological polar surface area (TPSA) is 35.8 Å². The van der Waals surface area contributed by atoms with Crippen LogP contribution >= 0.6 is 23.2 Å². The molecule has 96 valence electrons. The number of nitrogens with one attached hydrogen (secondary N) is 1.